The van der Waals surface area contributed by atoms with Crippen LogP contribution in [-0.4, -0.2) is 21.9 Å². The Kier molecular flexibility index (Phi) is 4.76. The number of aliphatic carboxylic acids is 1. The number of carboxylic acid groups (broad SMARTS) is 1. The van der Waals surface area contributed by atoms with Crippen LogP contribution in [0.25, 0.3) is 6.08 Å². The van der Waals surface area contributed by atoms with Gasteiger partial charge in [0.2, 0.25) is 5.91 Å². The molecule has 0 radical (unpaired) electrons. The Bertz CT molecular complexity index is 582. The van der Waals surface area contributed by atoms with Crippen LogP contribution in [0.5, 0.6) is 0 Å². The zero-order chi connectivity index (χ0) is 14.6. The monoisotopic (exact) mass is 328 g/mol. The van der Waals surface area contributed by atoms with Crippen LogP contribution in [-0.2, 0) is 9.59 Å². The lowest BCUT2D eigenvalue weighted by Gasteiger charge is -2.03. The molecule has 0 saturated carbocycles. The van der Waals surface area contributed by atoms with Crippen molar-refractivity contribution in [1.82, 2.24) is 5.32 Å². The normalized spacial score (nSPS) is 10.9. The molecule has 1 aromatic carbocycles. The fraction of sp³-hybridized carbons (Fsp3) is 0.0909. The number of nitro groups is 1. The molecular weight excluding hydrogens is 320 g/mol. The molecule has 0 unspecified atom stereocenters. The number of carboxylic acids is 1. The van der Waals surface area contributed by atoms with E-state index in [-0.39, 0.29) is 15.9 Å². The number of hydrogen-bond donors (Lipinski definition) is 2. The number of hydrogen-bond acceptors (Lipinski definition) is 4. The van der Waals surface area contributed by atoms with Gasteiger partial charge in [-0.1, -0.05) is 6.07 Å². The number of rotatable bonds is 4. The Hall–Kier alpha value is -2.22. The largest absolute Gasteiger partial charge is 0.477 e. The Balaban J connectivity index is 3.21. The highest BCUT2D eigenvalue weighted by atomic mass is 79.9. The van der Waals surface area contributed by atoms with Crippen molar-refractivity contribution in [2.24, 2.45) is 0 Å². The molecule has 19 heavy (non-hydrogen) atoms. The second kappa shape index (κ2) is 6.10. The van der Waals surface area contributed by atoms with Crippen molar-refractivity contribution >= 4 is 39.6 Å². The summed E-state index contributed by atoms with van der Waals surface area (Å²) >= 11 is 3.02. The first-order chi connectivity index (χ1) is 8.81. The summed E-state index contributed by atoms with van der Waals surface area (Å²) in [6.45, 7) is 1.17. The minimum atomic E-state index is -1.33. The molecule has 0 saturated heterocycles. The van der Waals surface area contributed by atoms with Crippen LogP contribution in [0.4, 0.5) is 5.69 Å². The second-order valence-electron chi connectivity index (χ2n) is 3.51. The Morgan fingerprint density at radius 1 is 1.47 bits per heavy atom. The van der Waals surface area contributed by atoms with E-state index in [1.54, 1.807) is 0 Å². The highest BCUT2D eigenvalue weighted by Crippen LogP contribution is 2.26. The quantitative estimate of drug-likeness (QED) is 0.498. The van der Waals surface area contributed by atoms with E-state index in [1.165, 1.54) is 25.1 Å². The molecule has 0 atom stereocenters. The van der Waals surface area contributed by atoms with Crippen LogP contribution in [0.1, 0.15) is 12.5 Å². The number of amides is 1. The maximum Gasteiger partial charge on any atom is 0.352 e. The zero-order valence-electron chi connectivity index (χ0n) is 9.71. The van der Waals surface area contributed by atoms with Crippen LogP contribution in [0, 0.1) is 10.1 Å². The molecule has 0 aliphatic carbocycles. The smallest absolute Gasteiger partial charge is 0.352 e. The zero-order valence-corrected chi connectivity index (χ0v) is 11.3. The minimum absolute atomic E-state index is 0.193. The molecule has 0 aliphatic heterocycles. The van der Waals surface area contributed by atoms with Crippen molar-refractivity contribution in [2.45, 2.75) is 6.92 Å². The summed E-state index contributed by atoms with van der Waals surface area (Å²) in [7, 11) is 0. The summed E-state index contributed by atoms with van der Waals surface area (Å²) in [6.07, 6.45) is 1.14. The van der Waals surface area contributed by atoms with Crippen molar-refractivity contribution in [3.05, 3.63) is 44.0 Å². The molecule has 0 bridgehead atoms. The number of nitrogens with zero attached hydrogens (tertiary/aromatic N) is 1. The van der Waals surface area contributed by atoms with Gasteiger partial charge in [0.05, 0.1) is 9.40 Å². The van der Waals surface area contributed by atoms with E-state index >= 15 is 0 Å². The van der Waals surface area contributed by atoms with Gasteiger partial charge in [0, 0.05) is 13.0 Å². The van der Waals surface area contributed by atoms with E-state index in [1.807, 2.05) is 0 Å². The molecule has 8 heteroatoms. The third-order valence-electron chi connectivity index (χ3n) is 2.02. The number of nitrogens with one attached hydrogen (secondary N) is 1. The van der Waals surface area contributed by atoms with Crippen molar-refractivity contribution in [3.8, 4) is 0 Å². The van der Waals surface area contributed by atoms with Gasteiger partial charge in [-0.05, 0) is 33.6 Å². The topological polar surface area (TPSA) is 110 Å². The summed E-state index contributed by atoms with van der Waals surface area (Å²) in [4.78, 5) is 31.9. The molecule has 100 valence electrons. The number of carbonyl (C=O) groups excluding carboxylic acids is 1. The van der Waals surface area contributed by atoms with Crippen molar-refractivity contribution in [2.75, 3.05) is 0 Å². The fourth-order valence-corrected chi connectivity index (χ4v) is 1.66. The van der Waals surface area contributed by atoms with E-state index in [0.29, 0.717) is 5.56 Å². The second-order valence-corrected chi connectivity index (χ2v) is 4.37. The molecule has 0 aliphatic rings. The first kappa shape index (κ1) is 14.8. The maximum atomic E-state index is 10.9. The number of nitro benzene ring substituents is 1. The van der Waals surface area contributed by atoms with Crippen LogP contribution in [0.15, 0.2) is 28.4 Å². The predicted octanol–water partition coefficient (Wildman–Crippen LogP) is 1.92. The summed E-state index contributed by atoms with van der Waals surface area (Å²) in [6, 6.07) is 4.12. The highest BCUT2D eigenvalue weighted by molar-refractivity contribution is 9.10. The average molecular weight is 329 g/mol. The van der Waals surface area contributed by atoms with E-state index < -0.39 is 16.8 Å². The van der Waals surface area contributed by atoms with Gasteiger partial charge in [-0.15, -0.1) is 0 Å². The first-order valence-electron chi connectivity index (χ1n) is 4.97. The molecule has 1 aromatic rings. The van der Waals surface area contributed by atoms with Gasteiger partial charge < -0.3 is 10.4 Å². The van der Waals surface area contributed by atoms with E-state index in [9.17, 15) is 19.7 Å². The van der Waals surface area contributed by atoms with Crippen LogP contribution >= 0.6 is 15.9 Å². The Morgan fingerprint density at radius 3 is 2.58 bits per heavy atom. The van der Waals surface area contributed by atoms with Crippen molar-refractivity contribution in [1.29, 1.82) is 0 Å². The molecule has 0 aromatic heterocycles. The Morgan fingerprint density at radius 2 is 2.11 bits per heavy atom. The fourth-order valence-electron chi connectivity index (χ4n) is 1.27. The number of carbonyl (C=O) groups is 2. The molecule has 7 nitrogen and oxygen atoms in total. The summed E-state index contributed by atoms with van der Waals surface area (Å²) < 4.78 is 0.283. The predicted molar refractivity (Wildman–Crippen MR) is 70.2 cm³/mol. The molecule has 1 rings (SSSR count). The van der Waals surface area contributed by atoms with Gasteiger partial charge in [0.25, 0.3) is 5.69 Å². The molecule has 0 spiro atoms. The summed E-state index contributed by atoms with van der Waals surface area (Å²) in [5.41, 5.74) is -0.258. The van der Waals surface area contributed by atoms with Gasteiger partial charge in [0.1, 0.15) is 5.70 Å². The van der Waals surface area contributed by atoms with Crippen LogP contribution < -0.4 is 5.32 Å². The minimum Gasteiger partial charge on any atom is -0.477 e. The van der Waals surface area contributed by atoms with E-state index in [4.69, 9.17) is 5.11 Å². The van der Waals surface area contributed by atoms with Gasteiger partial charge in [0.15, 0.2) is 0 Å². The molecule has 1 amide bonds. The lowest BCUT2D eigenvalue weighted by atomic mass is 10.1. The molecular formula is C11H9BrN2O5. The third kappa shape index (κ3) is 4.18. The summed E-state index contributed by atoms with van der Waals surface area (Å²) in [5.74, 6) is -1.87. The van der Waals surface area contributed by atoms with E-state index in [2.05, 4.69) is 21.2 Å². The standard InChI is InChI=1S/C11H9BrN2O5/c1-6(15)13-9(11(16)17)4-7-2-3-8(12)10(5-7)14(18)19/h2-5H,1H3,(H,13,15)(H,16,17)/b9-4+. The Labute approximate surface area is 116 Å². The number of benzene rings is 1. The summed E-state index contributed by atoms with van der Waals surface area (Å²) in [5, 5.41) is 21.8. The lowest BCUT2D eigenvalue weighted by molar-refractivity contribution is -0.385. The van der Waals surface area contributed by atoms with Crippen molar-refractivity contribution in [3.63, 3.8) is 0 Å². The molecule has 2 N–H and O–H groups in total. The van der Waals surface area contributed by atoms with Crippen LogP contribution in [0.3, 0.4) is 0 Å². The van der Waals surface area contributed by atoms with Gasteiger partial charge in [-0.25, -0.2) is 4.79 Å². The molecule has 0 heterocycles. The van der Waals surface area contributed by atoms with E-state index in [0.717, 1.165) is 6.08 Å². The SMILES string of the molecule is CC(=O)N/C(=C/c1ccc(Br)c([N+](=O)[O-])c1)C(=O)O. The van der Waals surface area contributed by atoms with Gasteiger partial charge in [-0.2, -0.15) is 0 Å². The van der Waals surface area contributed by atoms with Gasteiger partial charge in [-0.3, -0.25) is 14.9 Å². The van der Waals surface area contributed by atoms with Crippen molar-refractivity contribution < 1.29 is 19.6 Å². The maximum absolute atomic E-state index is 10.9. The highest BCUT2D eigenvalue weighted by Gasteiger charge is 2.14. The number of halogens is 1. The molecule has 0 fully saturated rings. The lowest BCUT2D eigenvalue weighted by Crippen LogP contribution is -2.24. The van der Waals surface area contributed by atoms with Gasteiger partial charge >= 0.3 is 5.97 Å². The first-order valence-corrected chi connectivity index (χ1v) is 5.77. The third-order valence-corrected chi connectivity index (χ3v) is 2.69. The average Bonchev–Trinajstić information content (AvgIpc) is 2.29. The van der Waals surface area contributed by atoms with Crippen LogP contribution in [0.2, 0.25) is 0 Å².